The minimum Gasteiger partial charge on any atom is -0.342 e. The highest BCUT2D eigenvalue weighted by Gasteiger charge is 2.24. The molecule has 2 fully saturated rings. The van der Waals surface area contributed by atoms with Crippen molar-refractivity contribution in [3.05, 3.63) is 0 Å². The Morgan fingerprint density at radius 3 is 2.76 bits per heavy atom. The predicted octanol–water partition coefficient (Wildman–Crippen LogP) is 0.540. The molecule has 2 rings (SSSR count). The van der Waals surface area contributed by atoms with E-state index in [0.717, 1.165) is 39.3 Å². The van der Waals surface area contributed by atoms with Gasteiger partial charge in [0.15, 0.2) is 0 Å². The van der Waals surface area contributed by atoms with Crippen LogP contribution >= 0.6 is 0 Å². The van der Waals surface area contributed by atoms with Gasteiger partial charge in [-0.1, -0.05) is 6.92 Å². The smallest absolute Gasteiger partial charge is 0.222 e. The average molecular weight is 239 g/mol. The van der Waals surface area contributed by atoms with Crippen LogP contribution in [-0.2, 0) is 4.79 Å². The number of hydrogen-bond donors (Lipinski definition) is 1. The molecule has 4 nitrogen and oxygen atoms in total. The van der Waals surface area contributed by atoms with E-state index in [-0.39, 0.29) is 0 Å². The van der Waals surface area contributed by atoms with Crippen molar-refractivity contribution in [2.45, 2.75) is 26.2 Å². The number of carbonyl (C=O) groups is 1. The van der Waals surface area contributed by atoms with E-state index in [2.05, 4.69) is 15.1 Å². The molecule has 2 heterocycles. The van der Waals surface area contributed by atoms with Gasteiger partial charge in [0.25, 0.3) is 0 Å². The van der Waals surface area contributed by atoms with Crippen molar-refractivity contribution in [2.24, 2.45) is 5.92 Å². The highest BCUT2D eigenvalue weighted by atomic mass is 16.2. The maximum absolute atomic E-state index is 11.7. The molecule has 0 aromatic rings. The molecule has 0 aromatic heterocycles. The van der Waals surface area contributed by atoms with Gasteiger partial charge in [-0.25, -0.2) is 0 Å². The maximum atomic E-state index is 11.7. The van der Waals surface area contributed by atoms with Crippen LogP contribution in [0.25, 0.3) is 0 Å². The Morgan fingerprint density at radius 1 is 1.29 bits per heavy atom. The molecule has 2 aliphatic heterocycles. The van der Waals surface area contributed by atoms with E-state index >= 15 is 0 Å². The van der Waals surface area contributed by atoms with Crippen molar-refractivity contribution in [2.75, 3.05) is 45.8 Å². The molecule has 1 amide bonds. The lowest BCUT2D eigenvalue weighted by Crippen LogP contribution is -2.48. The van der Waals surface area contributed by atoms with E-state index in [1.54, 1.807) is 0 Å². The Kier molecular flexibility index (Phi) is 4.80. The predicted molar refractivity (Wildman–Crippen MR) is 68.9 cm³/mol. The highest BCUT2D eigenvalue weighted by Crippen LogP contribution is 2.18. The Morgan fingerprint density at radius 2 is 2.06 bits per heavy atom. The molecule has 1 N–H and O–H groups in total. The molecule has 98 valence electrons. The standard InChI is InChI=1S/C13H25N3O/c1-2-13(17)16-7-3-4-12(11-16)10-15-8-5-14-6-9-15/h12,14H,2-11H2,1H3. The quantitative estimate of drug-likeness (QED) is 0.781. The lowest BCUT2D eigenvalue weighted by atomic mass is 9.97. The first kappa shape index (κ1) is 12.8. The Bertz CT molecular complexity index is 251. The van der Waals surface area contributed by atoms with E-state index in [9.17, 15) is 4.79 Å². The van der Waals surface area contributed by atoms with E-state index in [4.69, 9.17) is 0 Å². The van der Waals surface area contributed by atoms with Crippen molar-refractivity contribution in [1.29, 1.82) is 0 Å². The van der Waals surface area contributed by atoms with Crippen LogP contribution in [0.3, 0.4) is 0 Å². The van der Waals surface area contributed by atoms with Crippen molar-refractivity contribution in [1.82, 2.24) is 15.1 Å². The number of amides is 1. The van der Waals surface area contributed by atoms with Gasteiger partial charge in [0.1, 0.15) is 0 Å². The third-order valence-electron chi connectivity index (χ3n) is 3.90. The van der Waals surface area contributed by atoms with Crippen molar-refractivity contribution in [3.8, 4) is 0 Å². The van der Waals surface area contributed by atoms with Crippen LogP contribution in [0.1, 0.15) is 26.2 Å². The summed E-state index contributed by atoms with van der Waals surface area (Å²) in [6, 6.07) is 0. The monoisotopic (exact) mass is 239 g/mol. The van der Waals surface area contributed by atoms with Gasteiger partial charge in [-0.3, -0.25) is 4.79 Å². The first-order valence-corrected chi connectivity index (χ1v) is 7.00. The van der Waals surface area contributed by atoms with Gasteiger partial charge in [0.2, 0.25) is 5.91 Å². The summed E-state index contributed by atoms with van der Waals surface area (Å²) < 4.78 is 0. The van der Waals surface area contributed by atoms with Crippen LogP contribution in [0, 0.1) is 5.92 Å². The van der Waals surface area contributed by atoms with Crippen LogP contribution < -0.4 is 5.32 Å². The van der Waals surface area contributed by atoms with Crippen LogP contribution in [0.5, 0.6) is 0 Å². The first-order valence-electron chi connectivity index (χ1n) is 7.00. The second-order valence-electron chi connectivity index (χ2n) is 5.25. The van der Waals surface area contributed by atoms with E-state index in [0.29, 0.717) is 18.2 Å². The summed E-state index contributed by atoms with van der Waals surface area (Å²) in [4.78, 5) is 16.3. The number of carbonyl (C=O) groups excluding carboxylic acids is 1. The number of piperidine rings is 1. The summed E-state index contributed by atoms with van der Waals surface area (Å²) in [6.45, 7) is 9.66. The summed E-state index contributed by atoms with van der Waals surface area (Å²) in [5.74, 6) is 1.02. The van der Waals surface area contributed by atoms with Gasteiger partial charge in [0, 0.05) is 52.2 Å². The van der Waals surface area contributed by atoms with Gasteiger partial charge >= 0.3 is 0 Å². The third kappa shape index (κ3) is 3.68. The molecule has 1 unspecified atom stereocenters. The van der Waals surface area contributed by atoms with Gasteiger partial charge in [-0.2, -0.15) is 0 Å². The van der Waals surface area contributed by atoms with Gasteiger partial charge in [-0.15, -0.1) is 0 Å². The molecule has 0 radical (unpaired) electrons. The molecule has 2 aliphatic rings. The Balaban J connectivity index is 1.78. The number of likely N-dealkylation sites (tertiary alicyclic amines) is 1. The van der Waals surface area contributed by atoms with E-state index in [1.807, 2.05) is 6.92 Å². The number of piperazine rings is 1. The summed E-state index contributed by atoms with van der Waals surface area (Å²) in [6.07, 6.45) is 3.13. The van der Waals surface area contributed by atoms with Crippen LogP contribution in [0.15, 0.2) is 0 Å². The minimum atomic E-state index is 0.329. The largest absolute Gasteiger partial charge is 0.342 e. The number of nitrogens with zero attached hydrogens (tertiary/aromatic N) is 2. The van der Waals surface area contributed by atoms with Crippen LogP contribution in [-0.4, -0.2) is 61.5 Å². The third-order valence-corrected chi connectivity index (χ3v) is 3.90. The highest BCUT2D eigenvalue weighted by molar-refractivity contribution is 5.75. The molecule has 0 aliphatic carbocycles. The fourth-order valence-corrected chi connectivity index (χ4v) is 2.92. The van der Waals surface area contributed by atoms with Crippen molar-refractivity contribution < 1.29 is 4.79 Å². The Labute approximate surface area is 104 Å². The molecule has 4 heteroatoms. The van der Waals surface area contributed by atoms with Crippen molar-refractivity contribution in [3.63, 3.8) is 0 Å². The summed E-state index contributed by atoms with van der Waals surface area (Å²) in [5.41, 5.74) is 0. The summed E-state index contributed by atoms with van der Waals surface area (Å²) >= 11 is 0. The summed E-state index contributed by atoms with van der Waals surface area (Å²) in [7, 11) is 0. The molecule has 0 aromatic carbocycles. The molecule has 0 spiro atoms. The molecule has 1 atom stereocenters. The topological polar surface area (TPSA) is 35.6 Å². The zero-order valence-electron chi connectivity index (χ0n) is 11.0. The van der Waals surface area contributed by atoms with Crippen molar-refractivity contribution >= 4 is 5.91 Å². The zero-order chi connectivity index (χ0) is 12.1. The number of nitrogens with one attached hydrogen (secondary N) is 1. The lowest BCUT2D eigenvalue weighted by molar-refractivity contribution is -0.132. The molecule has 17 heavy (non-hydrogen) atoms. The van der Waals surface area contributed by atoms with E-state index in [1.165, 1.54) is 19.4 Å². The summed E-state index contributed by atoms with van der Waals surface area (Å²) in [5, 5.41) is 3.38. The van der Waals surface area contributed by atoms with Crippen LogP contribution in [0.4, 0.5) is 0 Å². The average Bonchev–Trinajstić information content (AvgIpc) is 2.39. The lowest BCUT2D eigenvalue weighted by Gasteiger charge is -2.37. The first-order chi connectivity index (χ1) is 8.29. The number of hydrogen-bond acceptors (Lipinski definition) is 3. The molecular formula is C13H25N3O. The Hall–Kier alpha value is -0.610. The normalized spacial score (nSPS) is 27.1. The molecule has 0 saturated carbocycles. The van der Waals surface area contributed by atoms with Gasteiger partial charge < -0.3 is 15.1 Å². The molecule has 0 bridgehead atoms. The second-order valence-corrected chi connectivity index (χ2v) is 5.25. The number of rotatable bonds is 3. The fraction of sp³-hybridized carbons (Fsp3) is 0.923. The van der Waals surface area contributed by atoms with Gasteiger partial charge in [0.05, 0.1) is 0 Å². The fourth-order valence-electron chi connectivity index (χ4n) is 2.92. The van der Waals surface area contributed by atoms with Gasteiger partial charge in [-0.05, 0) is 18.8 Å². The minimum absolute atomic E-state index is 0.329. The maximum Gasteiger partial charge on any atom is 0.222 e. The molecule has 2 saturated heterocycles. The van der Waals surface area contributed by atoms with E-state index < -0.39 is 0 Å². The molecular weight excluding hydrogens is 214 g/mol. The van der Waals surface area contributed by atoms with Crippen LogP contribution in [0.2, 0.25) is 0 Å². The second kappa shape index (κ2) is 6.36. The zero-order valence-corrected chi connectivity index (χ0v) is 11.0. The SMILES string of the molecule is CCC(=O)N1CCCC(CN2CCNCC2)C1.